The van der Waals surface area contributed by atoms with Gasteiger partial charge in [-0.1, -0.05) is 12.1 Å². The van der Waals surface area contributed by atoms with E-state index in [1.165, 1.54) is 10.8 Å². The van der Waals surface area contributed by atoms with Crippen molar-refractivity contribution in [3.05, 3.63) is 54.2 Å². The molecule has 39 heavy (non-hydrogen) atoms. The van der Waals surface area contributed by atoms with Gasteiger partial charge in [-0.05, 0) is 38.1 Å². The highest BCUT2D eigenvalue weighted by atomic mass is 19.3. The number of ether oxygens (including phenoxy) is 1. The van der Waals surface area contributed by atoms with Crippen LogP contribution in [0.4, 0.5) is 20.7 Å². The van der Waals surface area contributed by atoms with Crippen LogP contribution in [0.5, 0.6) is 0 Å². The molecule has 1 amide bonds. The number of furan rings is 1. The minimum Gasteiger partial charge on any atom is -0.459 e. The Morgan fingerprint density at radius 1 is 0.923 bits per heavy atom. The number of rotatable bonds is 5. The van der Waals surface area contributed by atoms with Gasteiger partial charge in [0.15, 0.2) is 11.6 Å². The van der Waals surface area contributed by atoms with Crippen LogP contribution in [0.1, 0.15) is 36.7 Å². The molecule has 0 unspecified atom stereocenters. The molecule has 3 aromatic heterocycles. The van der Waals surface area contributed by atoms with Gasteiger partial charge in [0, 0.05) is 32.7 Å². The van der Waals surface area contributed by atoms with Gasteiger partial charge >= 0.3 is 0 Å². The van der Waals surface area contributed by atoms with Crippen molar-refractivity contribution in [2.75, 3.05) is 49.1 Å². The van der Waals surface area contributed by atoms with Crippen LogP contribution >= 0.6 is 0 Å². The van der Waals surface area contributed by atoms with E-state index < -0.39 is 12.2 Å². The summed E-state index contributed by atoms with van der Waals surface area (Å²) in [6, 6.07) is 10.2. The number of fused-ring (bicyclic) bond motifs is 1. The summed E-state index contributed by atoms with van der Waals surface area (Å²) >= 11 is 0. The first-order valence-electron chi connectivity index (χ1n) is 12.9. The summed E-state index contributed by atoms with van der Waals surface area (Å²) in [7, 11) is 0. The topological polar surface area (TPSA) is 106 Å². The zero-order valence-corrected chi connectivity index (χ0v) is 21.6. The fraction of sp³-hybridized carbons (Fsp3) is 0.423. The van der Waals surface area contributed by atoms with E-state index in [0.717, 1.165) is 0 Å². The number of alkyl halides is 2. The fourth-order valence-electron chi connectivity index (χ4n) is 5.00. The molecule has 2 aliphatic rings. The lowest BCUT2D eigenvalue weighted by Gasteiger charge is -2.38. The standard InChI is InChI=1S/C26H28F2N8O3/c1-16-17(2)38-15-13-35(16)25-30-24(34-11-9-33(10-12-34)23(37)20-8-5-14-39-20)31-26(32-25)36-19-7-4-3-6-18(19)29-22(36)21(27)28/h3-8,14,16-17,21H,9-13,15H2,1-2H3/t16-,17+/m1/s1. The van der Waals surface area contributed by atoms with E-state index in [9.17, 15) is 13.6 Å². The van der Waals surface area contributed by atoms with Gasteiger partial charge in [0.05, 0.1) is 36.0 Å². The molecule has 2 atom stereocenters. The van der Waals surface area contributed by atoms with Gasteiger partial charge in [0.2, 0.25) is 17.8 Å². The molecule has 0 spiro atoms. The third-order valence-corrected chi connectivity index (χ3v) is 7.30. The molecule has 0 N–H and O–H groups in total. The molecule has 6 rings (SSSR count). The summed E-state index contributed by atoms with van der Waals surface area (Å²) in [6.07, 6.45) is -1.43. The number of aromatic nitrogens is 5. The Kier molecular flexibility index (Phi) is 6.59. The third kappa shape index (κ3) is 4.67. The molecule has 0 bridgehead atoms. The van der Waals surface area contributed by atoms with E-state index in [4.69, 9.17) is 14.1 Å². The zero-order chi connectivity index (χ0) is 27.1. The second-order valence-electron chi connectivity index (χ2n) is 9.60. The molecule has 2 fully saturated rings. The molecular weight excluding hydrogens is 510 g/mol. The largest absolute Gasteiger partial charge is 0.459 e. The predicted molar refractivity (Wildman–Crippen MR) is 138 cm³/mol. The summed E-state index contributed by atoms with van der Waals surface area (Å²) in [4.78, 5) is 36.7. The van der Waals surface area contributed by atoms with E-state index in [-0.39, 0.29) is 29.8 Å². The van der Waals surface area contributed by atoms with Crippen molar-refractivity contribution < 1.29 is 22.7 Å². The lowest BCUT2D eigenvalue weighted by atomic mass is 10.1. The Morgan fingerprint density at radius 3 is 2.41 bits per heavy atom. The van der Waals surface area contributed by atoms with Crippen LogP contribution < -0.4 is 9.80 Å². The highest BCUT2D eigenvalue weighted by Gasteiger charge is 2.31. The third-order valence-electron chi connectivity index (χ3n) is 7.30. The van der Waals surface area contributed by atoms with Gasteiger partial charge in [0.25, 0.3) is 12.3 Å². The minimum absolute atomic E-state index is 0.0429. The van der Waals surface area contributed by atoms with Crippen molar-refractivity contribution in [1.29, 1.82) is 0 Å². The molecule has 0 aliphatic carbocycles. The molecular formula is C26H28F2N8O3. The van der Waals surface area contributed by atoms with E-state index in [0.29, 0.717) is 62.3 Å². The monoisotopic (exact) mass is 538 g/mol. The molecule has 2 aliphatic heterocycles. The number of carbonyl (C=O) groups excluding carboxylic acids is 1. The SMILES string of the molecule is C[C@@H]1OCCN(c2nc(N3CCN(C(=O)c4ccco4)CC3)nc(-n3c(C(F)F)nc4ccccc43)n2)[C@@H]1C. The van der Waals surface area contributed by atoms with Crippen LogP contribution in [0.3, 0.4) is 0 Å². The number of morpholine rings is 1. The van der Waals surface area contributed by atoms with Gasteiger partial charge in [-0.2, -0.15) is 15.0 Å². The lowest BCUT2D eigenvalue weighted by molar-refractivity contribution is 0.0277. The fourth-order valence-corrected chi connectivity index (χ4v) is 5.00. The van der Waals surface area contributed by atoms with E-state index in [1.807, 2.05) is 23.6 Å². The average Bonchev–Trinajstić information content (AvgIpc) is 3.63. The highest BCUT2D eigenvalue weighted by Crippen LogP contribution is 2.29. The van der Waals surface area contributed by atoms with Gasteiger partial charge in [-0.3, -0.25) is 9.36 Å². The number of hydrogen-bond donors (Lipinski definition) is 0. The Morgan fingerprint density at radius 2 is 1.67 bits per heavy atom. The van der Waals surface area contributed by atoms with E-state index in [1.54, 1.807) is 41.3 Å². The Bertz CT molecular complexity index is 1470. The summed E-state index contributed by atoms with van der Waals surface area (Å²) in [5.74, 6) is 0.472. The van der Waals surface area contributed by atoms with Gasteiger partial charge in [-0.15, -0.1) is 0 Å². The zero-order valence-electron chi connectivity index (χ0n) is 21.6. The number of halogens is 2. The average molecular weight is 539 g/mol. The maximum absolute atomic E-state index is 14.2. The second-order valence-corrected chi connectivity index (χ2v) is 9.60. The number of piperazine rings is 1. The van der Waals surface area contributed by atoms with E-state index in [2.05, 4.69) is 15.0 Å². The summed E-state index contributed by atoms with van der Waals surface area (Å²) in [5.41, 5.74) is 0.905. The molecule has 13 heteroatoms. The molecule has 0 saturated carbocycles. The van der Waals surface area contributed by atoms with Gasteiger partial charge in [-0.25, -0.2) is 13.8 Å². The van der Waals surface area contributed by atoms with Crippen LogP contribution in [-0.4, -0.2) is 86.8 Å². The number of anilines is 2. The predicted octanol–water partition coefficient (Wildman–Crippen LogP) is 3.32. The smallest absolute Gasteiger partial charge is 0.296 e. The number of hydrogen-bond acceptors (Lipinski definition) is 9. The van der Waals surface area contributed by atoms with Crippen molar-refractivity contribution in [3.8, 4) is 5.95 Å². The minimum atomic E-state index is -2.83. The maximum Gasteiger partial charge on any atom is 0.296 e. The molecule has 0 radical (unpaired) electrons. The Balaban J connectivity index is 1.39. The quantitative estimate of drug-likeness (QED) is 0.378. The number of para-hydroxylation sites is 2. The van der Waals surface area contributed by atoms with Crippen molar-refractivity contribution in [1.82, 2.24) is 29.4 Å². The molecule has 204 valence electrons. The first-order chi connectivity index (χ1) is 18.9. The van der Waals surface area contributed by atoms with E-state index >= 15 is 0 Å². The number of imidazole rings is 1. The van der Waals surface area contributed by atoms with Crippen molar-refractivity contribution in [3.63, 3.8) is 0 Å². The van der Waals surface area contributed by atoms with Gasteiger partial charge < -0.3 is 23.9 Å². The van der Waals surface area contributed by atoms with Crippen LogP contribution in [0.2, 0.25) is 0 Å². The Labute approximate surface area is 223 Å². The number of carbonyl (C=O) groups is 1. The first kappa shape index (κ1) is 25.2. The van der Waals surface area contributed by atoms with Crippen LogP contribution in [0.25, 0.3) is 17.0 Å². The van der Waals surface area contributed by atoms with Gasteiger partial charge in [0.1, 0.15) is 0 Å². The number of amides is 1. The number of nitrogens with zero attached hydrogens (tertiary/aromatic N) is 8. The Hall–Kier alpha value is -4.13. The first-order valence-corrected chi connectivity index (χ1v) is 12.9. The number of benzene rings is 1. The highest BCUT2D eigenvalue weighted by molar-refractivity contribution is 5.91. The van der Waals surface area contributed by atoms with Crippen LogP contribution in [0, 0.1) is 0 Å². The summed E-state index contributed by atoms with van der Waals surface area (Å²) in [5, 5.41) is 0. The maximum atomic E-state index is 14.2. The molecule has 4 aromatic rings. The summed E-state index contributed by atoms with van der Waals surface area (Å²) in [6.45, 7) is 6.80. The van der Waals surface area contributed by atoms with Crippen molar-refractivity contribution in [2.24, 2.45) is 0 Å². The van der Waals surface area contributed by atoms with Crippen LogP contribution in [0.15, 0.2) is 47.1 Å². The molecule has 2 saturated heterocycles. The lowest BCUT2D eigenvalue weighted by Crippen LogP contribution is -2.50. The van der Waals surface area contributed by atoms with Crippen molar-refractivity contribution in [2.45, 2.75) is 32.4 Å². The van der Waals surface area contributed by atoms with Crippen LogP contribution in [-0.2, 0) is 4.74 Å². The molecule has 5 heterocycles. The summed E-state index contributed by atoms with van der Waals surface area (Å²) < 4.78 is 40.7. The second kappa shape index (κ2) is 10.2. The molecule has 1 aromatic carbocycles. The molecule has 11 nitrogen and oxygen atoms in total. The van der Waals surface area contributed by atoms with Crippen molar-refractivity contribution >= 4 is 28.8 Å². The normalized spacial score (nSPS) is 20.3.